The Labute approximate surface area is 198 Å². The number of guanidine groups is 1. The summed E-state index contributed by atoms with van der Waals surface area (Å²) in [7, 11) is 0. The summed E-state index contributed by atoms with van der Waals surface area (Å²) in [5.74, 6) is 2.68. The van der Waals surface area contributed by atoms with E-state index in [9.17, 15) is 4.79 Å². The number of likely N-dealkylation sites (tertiary alicyclic amines) is 1. The van der Waals surface area contributed by atoms with Crippen molar-refractivity contribution >= 4 is 35.8 Å². The number of amides is 1. The van der Waals surface area contributed by atoms with Crippen LogP contribution in [0.1, 0.15) is 45.6 Å². The molecular formula is C22H37IN4O3. The highest BCUT2D eigenvalue weighted by Crippen LogP contribution is 2.28. The van der Waals surface area contributed by atoms with E-state index in [0.717, 1.165) is 62.9 Å². The van der Waals surface area contributed by atoms with Gasteiger partial charge in [-0.3, -0.25) is 9.79 Å². The lowest BCUT2D eigenvalue weighted by molar-refractivity contribution is -0.127. The molecule has 0 bridgehead atoms. The number of hydrogen-bond acceptors (Lipinski definition) is 4. The lowest BCUT2D eigenvalue weighted by atomic mass is 10.1. The minimum atomic E-state index is 0. The van der Waals surface area contributed by atoms with Gasteiger partial charge in [0.15, 0.2) is 17.5 Å². The molecule has 1 aromatic carbocycles. The van der Waals surface area contributed by atoms with Crippen LogP contribution in [0.4, 0.5) is 0 Å². The molecule has 30 heavy (non-hydrogen) atoms. The zero-order valence-corrected chi connectivity index (χ0v) is 20.9. The van der Waals surface area contributed by atoms with Crippen LogP contribution >= 0.6 is 24.0 Å². The second kappa shape index (κ2) is 15.1. The largest absolute Gasteiger partial charge is 0.490 e. The highest BCUT2D eigenvalue weighted by molar-refractivity contribution is 14.0. The first-order chi connectivity index (χ1) is 14.2. The minimum absolute atomic E-state index is 0. The molecule has 0 atom stereocenters. The number of halogens is 1. The molecule has 0 radical (unpaired) electrons. The van der Waals surface area contributed by atoms with Crippen molar-refractivity contribution in [2.45, 2.75) is 46.5 Å². The fourth-order valence-electron chi connectivity index (χ4n) is 3.31. The number of benzene rings is 1. The lowest BCUT2D eigenvalue weighted by Crippen LogP contribution is -2.38. The Kier molecular flexibility index (Phi) is 13.3. The van der Waals surface area contributed by atoms with E-state index in [0.29, 0.717) is 26.2 Å². The van der Waals surface area contributed by atoms with Crippen molar-refractivity contribution in [3.8, 4) is 11.5 Å². The number of carbonyl (C=O) groups is 1. The van der Waals surface area contributed by atoms with Crippen molar-refractivity contribution in [2.24, 2.45) is 4.99 Å². The van der Waals surface area contributed by atoms with E-state index in [1.54, 1.807) is 0 Å². The van der Waals surface area contributed by atoms with Crippen molar-refractivity contribution < 1.29 is 14.3 Å². The number of ether oxygens (including phenoxy) is 2. The minimum Gasteiger partial charge on any atom is -0.490 e. The summed E-state index contributed by atoms with van der Waals surface area (Å²) in [6.07, 6.45) is 3.44. The van der Waals surface area contributed by atoms with E-state index in [4.69, 9.17) is 9.47 Å². The molecule has 1 heterocycles. The third-order valence-corrected chi connectivity index (χ3v) is 4.69. The van der Waals surface area contributed by atoms with Gasteiger partial charge in [-0.2, -0.15) is 0 Å². The Balaban J connectivity index is 0.00000450. The van der Waals surface area contributed by atoms with Gasteiger partial charge in [0.05, 0.1) is 13.2 Å². The molecule has 0 aromatic heterocycles. The summed E-state index contributed by atoms with van der Waals surface area (Å²) >= 11 is 0. The van der Waals surface area contributed by atoms with Crippen molar-refractivity contribution in [3.63, 3.8) is 0 Å². The van der Waals surface area contributed by atoms with Gasteiger partial charge in [0.1, 0.15) is 0 Å². The van der Waals surface area contributed by atoms with Crippen molar-refractivity contribution in [2.75, 3.05) is 45.9 Å². The molecule has 7 nitrogen and oxygen atoms in total. The topological polar surface area (TPSA) is 75.2 Å². The standard InChI is InChI=1S/C22H36N4O3.HI/c1-4-23-22(24-13-8-16-26-15-7-9-21(26)27)25-14-12-18-10-11-19(28-5-2)20(17-18)29-6-3;/h10-11,17H,4-9,12-16H2,1-3H3,(H2,23,24,25);1H. The zero-order valence-electron chi connectivity index (χ0n) is 18.5. The molecule has 2 N–H and O–H groups in total. The average molecular weight is 532 g/mol. The summed E-state index contributed by atoms with van der Waals surface area (Å²) in [5, 5.41) is 6.66. The number of nitrogens with one attached hydrogen (secondary N) is 2. The quantitative estimate of drug-likeness (QED) is 0.187. The SMILES string of the molecule is CCNC(=NCCCN1CCCC1=O)NCCc1ccc(OCC)c(OCC)c1.I. The second-order valence-electron chi connectivity index (χ2n) is 6.92. The number of aliphatic imine (C=N–C) groups is 1. The number of nitrogens with zero attached hydrogens (tertiary/aromatic N) is 2. The van der Waals surface area contributed by atoms with Gasteiger partial charge in [-0.1, -0.05) is 6.07 Å². The second-order valence-corrected chi connectivity index (χ2v) is 6.92. The first-order valence-corrected chi connectivity index (χ1v) is 10.9. The molecule has 1 aliphatic rings. The molecule has 1 fully saturated rings. The number of carbonyl (C=O) groups excluding carboxylic acids is 1. The van der Waals surface area contributed by atoms with Crippen molar-refractivity contribution in [1.29, 1.82) is 0 Å². The molecule has 0 saturated carbocycles. The van der Waals surface area contributed by atoms with Gasteiger partial charge < -0.3 is 25.0 Å². The van der Waals surface area contributed by atoms with Gasteiger partial charge >= 0.3 is 0 Å². The predicted molar refractivity (Wildman–Crippen MR) is 132 cm³/mol. The van der Waals surface area contributed by atoms with Gasteiger partial charge in [0.25, 0.3) is 0 Å². The van der Waals surface area contributed by atoms with Crippen LogP contribution in [-0.4, -0.2) is 62.7 Å². The molecule has 2 rings (SSSR count). The molecule has 1 aromatic rings. The normalized spacial score (nSPS) is 13.8. The Morgan fingerprint density at radius 1 is 1.13 bits per heavy atom. The Morgan fingerprint density at radius 2 is 1.90 bits per heavy atom. The van der Waals surface area contributed by atoms with Crippen LogP contribution < -0.4 is 20.1 Å². The van der Waals surface area contributed by atoms with Crippen LogP contribution in [0.2, 0.25) is 0 Å². The first kappa shape index (κ1) is 26.3. The van der Waals surface area contributed by atoms with Crippen molar-refractivity contribution in [1.82, 2.24) is 15.5 Å². The highest BCUT2D eigenvalue weighted by atomic mass is 127. The van der Waals surface area contributed by atoms with Crippen LogP contribution in [-0.2, 0) is 11.2 Å². The third-order valence-electron chi connectivity index (χ3n) is 4.69. The maximum atomic E-state index is 11.7. The maximum absolute atomic E-state index is 11.7. The van der Waals surface area contributed by atoms with Gasteiger partial charge in [0.2, 0.25) is 5.91 Å². The van der Waals surface area contributed by atoms with Gasteiger partial charge in [-0.05, 0) is 57.7 Å². The Hall–Kier alpha value is -1.71. The smallest absolute Gasteiger partial charge is 0.222 e. The molecular weight excluding hydrogens is 495 g/mol. The molecule has 0 aliphatic carbocycles. The third kappa shape index (κ3) is 8.97. The van der Waals surface area contributed by atoms with E-state index >= 15 is 0 Å². The molecule has 1 saturated heterocycles. The van der Waals surface area contributed by atoms with Crippen LogP contribution in [0.3, 0.4) is 0 Å². The predicted octanol–water partition coefficient (Wildman–Crippen LogP) is 3.21. The van der Waals surface area contributed by atoms with E-state index in [-0.39, 0.29) is 29.9 Å². The Morgan fingerprint density at radius 3 is 2.57 bits per heavy atom. The maximum Gasteiger partial charge on any atom is 0.222 e. The van der Waals surface area contributed by atoms with Gasteiger partial charge in [-0.25, -0.2) is 0 Å². The molecule has 8 heteroatoms. The summed E-state index contributed by atoms with van der Waals surface area (Å²) in [6.45, 7) is 11.2. The van der Waals surface area contributed by atoms with Crippen LogP contribution in [0.15, 0.2) is 23.2 Å². The average Bonchev–Trinajstić information content (AvgIpc) is 3.12. The molecule has 1 amide bonds. The number of rotatable bonds is 12. The van der Waals surface area contributed by atoms with Crippen LogP contribution in [0.5, 0.6) is 11.5 Å². The Bertz CT molecular complexity index is 670. The summed E-state index contributed by atoms with van der Waals surface area (Å²) < 4.78 is 11.3. The van der Waals surface area contributed by atoms with E-state index in [1.165, 1.54) is 5.56 Å². The first-order valence-electron chi connectivity index (χ1n) is 10.9. The summed E-state index contributed by atoms with van der Waals surface area (Å²) in [5.41, 5.74) is 1.19. The molecule has 1 aliphatic heterocycles. The molecule has 0 spiro atoms. The van der Waals surface area contributed by atoms with Gasteiger partial charge in [0, 0.05) is 39.1 Å². The fourth-order valence-corrected chi connectivity index (χ4v) is 3.31. The van der Waals surface area contributed by atoms with Gasteiger partial charge in [-0.15, -0.1) is 24.0 Å². The number of hydrogen-bond donors (Lipinski definition) is 2. The van der Waals surface area contributed by atoms with Crippen LogP contribution in [0.25, 0.3) is 0 Å². The lowest BCUT2D eigenvalue weighted by Gasteiger charge is -2.15. The summed E-state index contributed by atoms with van der Waals surface area (Å²) in [4.78, 5) is 18.2. The zero-order chi connectivity index (χ0) is 20.9. The van der Waals surface area contributed by atoms with Crippen molar-refractivity contribution in [3.05, 3.63) is 23.8 Å². The summed E-state index contributed by atoms with van der Waals surface area (Å²) in [6, 6.07) is 6.10. The fraction of sp³-hybridized carbons (Fsp3) is 0.636. The monoisotopic (exact) mass is 532 g/mol. The van der Waals surface area contributed by atoms with E-state index in [1.807, 2.05) is 30.9 Å². The highest BCUT2D eigenvalue weighted by Gasteiger charge is 2.18. The van der Waals surface area contributed by atoms with E-state index in [2.05, 4.69) is 28.6 Å². The van der Waals surface area contributed by atoms with E-state index < -0.39 is 0 Å². The van der Waals surface area contributed by atoms with Crippen LogP contribution in [0, 0.1) is 0 Å². The molecule has 170 valence electrons. The molecule has 0 unspecified atom stereocenters.